The van der Waals surface area contributed by atoms with Crippen molar-refractivity contribution >= 4 is 9.84 Å². The fourth-order valence-corrected chi connectivity index (χ4v) is 2.81. The van der Waals surface area contributed by atoms with Crippen molar-refractivity contribution in [2.24, 2.45) is 0 Å². The predicted octanol–water partition coefficient (Wildman–Crippen LogP) is 4.33. The van der Waals surface area contributed by atoms with E-state index in [1.165, 1.54) is 11.8 Å². The van der Waals surface area contributed by atoms with E-state index in [0.29, 0.717) is 10.8 Å². The first-order valence-electron chi connectivity index (χ1n) is 6.94. The number of hydrogen-bond acceptors (Lipinski definition) is 2. The maximum atomic E-state index is 11.4. The normalized spacial score (nSPS) is 13.8. The molecule has 0 aliphatic heterocycles. The van der Waals surface area contributed by atoms with E-state index in [1.807, 2.05) is 12.1 Å². The summed E-state index contributed by atoms with van der Waals surface area (Å²) in [7, 11) is -3.09. The van der Waals surface area contributed by atoms with Gasteiger partial charge >= 0.3 is 0 Å². The van der Waals surface area contributed by atoms with Gasteiger partial charge in [0.2, 0.25) is 0 Å². The molecule has 0 saturated heterocycles. The molecule has 1 atom stereocenters. The van der Waals surface area contributed by atoms with Gasteiger partial charge in [0.1, 0.15) is 0 Å². The zero-order valence-electron chi connectivity index (χ0n) is 12.1. The van der Waals surface area contributed by atoms with E-state index >= 15 is 0 Å². The second-order valence-corrected chi connectivity index (χ2v) is 6.96. The lowest BCUT2D eigenvalue weighted by atomic mass is 9.91. The minimum atomic E-state index is -3.09. The van der Waals surface area contributed by atoms with Crippen LogP contribution in [0.15, 0.2) is 41.3 Å². The Labute approximate surface area is 117 Å². The molecular formula is C16H24O2S. The molecular weight excluding hydrogens is 256 g/mol. The predicted molar refractivity (Wildman–Crippen MR) is 81.2 cm³/mol. The molecule has 0 aliphatic carbocycles. The average molecular weight is 280 g/mol. The fourth-order valence-electron chi connectivity index (χ4n) is 2.18. The first-order chi connectivity index (χ1) is 8.99. The van der Waals surface area contributed by atoms with E-state index in [1.54, 1.807) is 12.1 Å². The summed E-state index contributed by atoms with van der Waals surface area (Å²) < 4.78 is 22.9. The number of sulfone groups is 1. The van der Waals surface area contributed by atoms with Gasteiger partial charge in [-0.15, -0.1) is 0 Å². The summed E-state index contributed by atoms with van der Waals surface area (Å²) in [4.78, 5) is 0.399. The third-order valence-electron chi connectivity index (χ3n) is 3.24. The van der Waals surface area contributed by atoms with Crippen LogP contribution in [-0.4, -0.2) is 14.7 Å². The highest BCUT2D eigenvalue weighted by Gasteiger charge is 2.11. The third-order valence-corrected chi connectivity index (χ3v) is 4.37. The molecule has 1 rings (SSSR count). The summed E-state index contributed by atoms with van der Waals surface area (Å²) >= 11 is 0. The van der Waals surface area contributed by atoms with Crippen molar-refractivity contribution in [3.8, 4) is 0 Å². The van der Waals surface area contributed by atoms with Crippen LogP contribution in [-0.2, 0) is 9.84 Å². The first kappa shape index (κ1) is 16.0. The van der Waals surface area contributed by atoms with Crippen LogP contribution in [0.2, 0.25) is 0 Å². The minimum absolute atomic E-state index is 0.399. The van der Waals surface area contributed by atoms with E-state index in [4.69, 9.17) is 0 Å². The maximum absolute atomic E-state index is 11.4. The second-order valence-electron chi connectivity index (χ2n) is 4.94. The van der Waals surface area contributed by atoms with Gasteiger partial charge in [0.25, 0.3) is 0 Å². The smallest absolute Gasteiger partial charge is 0.175 e. The average Bonchev–Trinajstić information content (AvgIpc) is 2.37. The maximum Gasteiger partial charge on any atom is 0.175 e. The van der Waals surface area contributed by atoms with Gasteiger partial charge in [0, 0.05) is 6.26 Å². The van der Waals surface area contributed by atoms with Crippen molar-refractivity contribution in [1.82, 2.24) is 0 Å². The molecule has 1 unspecified atom stereocenters. The van der Waals surface area contributed by atoms with Crippen LogP contribution in [0.5, 0.6) is 0 Å². The van der Waals surface area contributed by atoms with Crippen LogP contribution in [0, 0.1) is 0 Å². The van der Waals surface area contributed by atoms with Crippen molar-refractivity contribution in [2.75, 3.05) is 6.26 Å². The van der Waals surface area contributed by atoms with Crippen LogP contribution in [0.4, 0.5) is 0 Å². The van der Waals surface area contributed by atoms with Gasteiger partial charge in [-0.2, -0.15) is 0 Å². The van der Waals surface area contributed by atoms with Crippen molar-refractivity contribution in [1.29, 1.82) is 0 Å². The van der Waals surface area contributed by atoms with Crippen LogP contribution in [0.3, 0.4) is 0 Å². The standard InChI is InChI=1S/C16H24O2S/c1-4-6-7-9-14(8-5-2)15-10-12-16(13-11-15)19(3,17)18/h6-7,10-14H,4-5,8-9H2,1-3H3/b7-6-. The molecule has 1 aromatic rings. The molecule has 0 heterocycles. The lowest BCUT2D eigenvalue weighted by Crippen LogP contribution is -2.00. The lowest BCUT2D eigenvalue weighted by molar-refractivity contribution is 0.601. The zero-order chi connectivity index (χ0) is 14.3. The fraction of sp³-hybridized carbons (Fsp3) is 0.500. The molecule has 0 radical (unpaired) electrons. The Hall–Kier alpha value is -1.09. The monoisotopic (exact) mass is 280 g/mol. The molecule has 0 spiro atoms. The van der Waals surface area contributed by atoms with Gasteiger partial charge in [-0.05, 0) is 42.9 Å². The van der Waals surface area contributed by atoms with Crippen LogP contribution in [0.1, 0.15) is 51.0 Å². The van der Waals surface area contributed by atoms with Gasteiger partial charge in [-0.3, -0.25) is 0 Å². The summed E-state index contributed by atoms with van der Waals surface area (Å²) in [5.74, 6) is 0.487. The molecule has 0 amide bonds. The minimum Gasteiger partial charge on any atom is -0.224 e. The van der Waals surface area contributed by atoms with Crippen molar-refractivity contribution < 1.29 is 8.42 Å². The SMILES string of the molecule is CC/C=C\CC(CCC)c1ccc(S(C)(=O)=O)cc1. The van der Waals surface area contributed by atoms with Crippen molar-refractivity contribution in [3.63, 3.8) is 0 Å². The van der Waals surface area contributed by atoms with Gasteiger partial charge in [0.05, 0.1) is 4.90 Å². The van der Waals surface area contributed by atoms with Gasteiger partial charge in [-0.25, -0.2) is 8.42 Å². The molecule has 2 nitrogen and oxygen atoms in total. The highest BCUT2D eigenvalue weighted by atomic mass is 32.2. The second kappa shape index (κ2) is 7.49. The van der Waals surface area contributed by atoms with Crippen LogP contribution < -0.4 is 0 Å². The highest BCUT2D eigenvalue weighted by molar-refractivity contribution is 7.90. The van der Waals surface area contributed by atoms with Crippen molar-refractivity contribution in [3.05, 3.63) is 42.0 Å². The lowest BCUT2D eigenvalue weighted by Gasteiger charge is -2.15. The molecule has 0 aliphatic rings. The highest BCUT2D eigenvalue weighted by Crippen LogP contribution is 2.26. The van der Waals surface area contributed by atoms with E-state index in [2.05, 4.69) is 26.0 Å². The Morgan fingerprint density at radius 3 is 2.21 bits per heavy atom. The number of benzene rings is 1. The zero-order valence-corrected chi connectivity index (χ0v) is 12.9. The number of hydrogen-bond donors (Lipinski definition) is 0. The third kappa shape index (κ3) is 5.19. The Morgan fingerprint density at radius 1 is 1.11 bits per heavy atom. The first-order valence-corrected chi connectivity index (χ1v) is 8.83. The Kier molecular flexibility index (Phi) is 6.29. The summed E-state index contributed by atoms with van der Waals surface area (Å²) in [5.41, 5.74) is 1.23. The van der Waals surface area contributed by atoms with Crippen LogP contribution >= 0.6 is 0 Å². The van der Waals surface area contributed by atoms with Crippen molar-refractivity contribution in [2.45, 2.75) is 50.3 Å². The van der Waals surface area contributed by atoms with E-state index in [0.717, 1.165) is 25.7 Å². The van der Waals surface area contributed by atoms with Gasteiger partial charge < -0.3 is 0 Å². The molecule has 0 N–H and O–H groups in total. The Balaban J connectivity index is 2.88. The summed E-state index contributed by atoms with van der Waals surface area (Å²) in [6.45, 7) is 4.31. The number of allylic oxidation sites excluding steroid dienone is 2. The molecule has 0 bridgehead atoms. The number of rotatable bonds is 7. The van der Waals surface area contributed by atoms with Gasteiger partial charge in [0.15, 0.2) is 9.84 Å². The molecule has 0 saturated carbocycles. The molecule has 1 aromatic carbocycles. The molecule has 0 fully saturated rings. The van der Waals surface area contributed by atoms with E-state index in [-0.39, 0.29) is 0 Å². The summed E-state index contributed by atoms with van der Waals surface area (Å²) in [6.07, 6.45) is 10.0. The van der Waals surface area contributed by atoms with Gasteiger partial charge in [-0.1, -0.05) is 44.6 Å². The largest absolute Gasteiger partial charge is 0.224 e. The topological polar surface area (TPSA) is 34.1 Å². The van der Waals surface area contributed by atoms with Crippen LogP contribution in [0.25, 0.3) is 0 Å². The Bertz CT molecular complexity index is 498. The summed E-state index contributed by atoms with van der Waals surface area (Å²) in [5, 5.41) is 0. The Morgan fingerprint density at radius 2 is 1.74 bits per heavy atom. The quantitative estimate of drug-likeness (QED) is 0.697. The molecule has 0 aromatic heterocycles. The van der Waals surface area contributed by atoms with E-state index in [9.17, 15) is 8.42 Å². The molecule has 3 heteroatoms. The summed E-state index contributed by atoms with van der Waals surface area (Å²) in [6, 6.07) is 7.35. The molecule has 19 heavy (non-hydrogen) atoms. The van der Waals surface area contributed by atoms with E-state index < -0.39 is 9.84 Å². The molecule has 106 valence electrons.